The van der Waals surface area contributed by atoms with Crippen LogP contribution in [0.4, 0.5) is 0 Å². The molecule has 0 atom stereocenters. The average molecular weight is 458 g/mol. The van der Waals surface area contributed by atoms with Gasteiger partial charge in [-0.2, -0.15) is 0 Å². The number of morpholine rings is 1. The highest BCUT2D eigenvalue weighted by atomic mass is 16.5. The molecule has 1 aliphatic heterocycles. The summed E-state index contributed by atoms with van der Waals surface area (Å²) in [4.78, 5) is 27.3. The van der Waals surface area contributed by atoms with E-state index in [9.17, 15) is 9.59 Å². The van der Waals surface area contributed by atoms with Crippen LogP contribution in [0.15, 0.2) is 36.4 Å². The van der Waals surface area contributed by atoms with Crippen LogP contribution in [-0.4, -0.2) is 70.9 Å². The molecule has 2 aromatic rings. The van der Waals surface area contributed by atoms with E-state index in [2.05, 4.69) is 21.6 Å². The zero-order chi connectivity index (χ0) is 23.6. The van der Waals surface area contributed by atoms with Crippen molar-refractivity contribution in [2.45, 2.75) is 13.1 Å². The fourth-order valence-corrected chi connectivity index (χ4v) is 3.62. The lowest BCUT2D eigenvalue weighted by molar-refractivity contribution is -0.120. The van der Waals surface area contributed by atoms with E-state index in [1.807, 2.05) is 18.2 Å². The number of ether oxygens (including phenoxy) is 4. The largest absolute Gasteiger partial charge is 0.493 e. The number of nitrogens with one attached hydrogen (secondary N) is 2. The van der Waals surface area contributed by atoms with Gasteiger partial charge in [-0.3, -0.25) is 14.5 Å². The van der Waals surface area contributed by atoms with Crippen molar-refractivity contribution < 1.29 is 28.5 Å². The molecule has 0 aliphatic carbocycles. The van der Waals surface area contributed by atoms with Crippen molar-refractivity contribution in [3.8, 4) is 17.2 Å². The van der Waals surface area contributed by atoms with Crippen LogP contribution in [0.25, 0.3) is 0 Å². The number of carbonyl (C=O) groups excluding carboxylic acids is 2. The molecule has 0 radical (unpaired) electrons. The average Bonchev–Trinajstić information content (AvgIpc) is 2.86. The second kappa shape index (κ2) is 12.1. The molecule has 1 fully saturated rings. The van der Waals surface area contributed by atoms with Gasteiger partial charge < -0.3 is 29.6 Å². The minimum atomic E-state index is -0.419. The zero-order valence-corrected chi connectivity index (χ0v) is 19.3. The Balaban J connectivity index is 1.54. The molecule has 0 spiro atoms. The molecule has 1 saturated heterocycles. The van der Waals surface area contributed by atoms with E-state index in [0.29, 0.717) is 29.4 Å². The fraction of sp³-hybridized carbons (Fsp3) is 0.417. The van der Waals surface area contributed by atoms with Crippen molar-refractivity contribution >= 4 is 11.8 Å². The molecular formula is C24H31N3O6. The predicted octanol–water partition coefficient (Wildman–Crippen LogP) is 1.59. The van der Waals surface area contributed by atoms with Gasteiger partial charge in [0.15, 0.2) is 11.5 Å². The summed E-state index contributed by atoms with van der Waals surface area (Å²) in [5.74, 6) is 0.422. The van der Waals surface area contributed by atoms with Crippen molar-refractivity contribution in [3.05, 3.63) is 53.1 Å². The topological polar surface area (TPSA) is 98.4 Å². The van der Waals surface area contributed by atoms with Gasteiger partial charge in [0.2, 0.25) is 11.7 Å². The third-order valence-corrected chi connectivity index (χ3v) is 5.43. The van der Waals surface area contributed by atoms with Gasteiger partial charge >= 0.3 is 0 Å². The van der Waals surface area contributed by atoms with E-state index in [0.717, 1.165) is 38.4 Å². The fourth-order valence-electron chi connectivity index (χ4n) is 3.62. The Morgan fingerprint density at radius 2 is 1.58 bits per heavy atom. The molecule has 0 unspecified atom stereocenters. The SMILES string of the molecule is COc1cc(C(=O)NCC(=O)NCc2ccccc2CN2CCOCC2)cc(OC)c1OC. The van der Waals surface area contributed by atoms with Gasteiger partial charge in [0, 0.05) is 31.7 Å². The number of nitrogens with zero attached hydrogens (tertiary/aromatic N) is 1. The molecule has 0 aromatic heterocycles. The lowest BCUT2D eigenvalue weighted by atomic mass is 10.1. The van der Waals surface area contributed by atoms with E-state index < -0.39 is 5.91 Å². The van der Waals surface area contributed by atoms with Crippen molar-refractivity contribution in [2.75, 3.05) is 54.2 Å². The van der Waals surface area contributed by atoms with E-state index >= 15 is 0 Å². The Morgan fingerprint density at radius 1 is 0.939 bits per heavy atom. The molecule has 9 nitrogen and oxygen atoms in total. The second-order valence-corrected chi connectivity index (χ2v) is 7.53. The number of hydrogen-bond donors (Lipinski definition) is 2. The number of amides is 2. The summed E-state index contributed by atoms with van der Waals surface area (Å²) in [6.07, 6.45) is 0. The molecular weight excluding hydrogens is 426 g/mol. The summed E-state index contributed by atoms with van der Waals surface area (Å²) in [6.45, 7) is 4.32. The maximum atomic E-state index is 12.6. The normalized spacial score (nSPS) is 13.8. The molecule has 178 valence electrons. The first kappa shape index (κ1) is 24.3. The van der Waals surface area contributed by atoms with Crippen molar-refractivity contribution in [1.29, 1.82) is 0 Å². The van der Waals surface area contributed by atoms with Gasteiger partial charge in [0.25, 0.3) is 5.91 Å². The number of benzene rings is 2. The van der Waals surface area contributed by atoms with E-state index in [1.54, 1.807) is 0 Å². The first-order valence-corrected chi connectivity index (χ1v) is 10.8. The highest BCUT2D eigenvalue weighted by molar-refractivity contribution is 5.97. The monoisotopic (exact) mass is 457 g/mol. The summed E-state index contributed by atoms with van der Waals surface area (Å²) in [5.41, 5.74) is 2.52. The lowest BCUT2D eigenvalue weighted by Crippen LogP contribution is -2.37. The Bertz CT molecular complexity index is 934. The quantitative estimate of drug-likeness (QED) is 0.559. The van der Waals surface area contributed by atoms with E-state index in [1.165, 1.54) is 39.0 Å². The molecule has 9 heteroatoms. The van der Waals surface area contributed by atoms with Crippen molar-refractivity contribution in [1.82, 2.24) is 15.5 Å². The summed E-state index contributed by atoms with van der Waals surface area (Å²) in [6, 6.07) is 11.1. The molecule has 0 bridgehead atoms. The first-order valence-electron chi connectivity index (χ1n) is 10.8. The van der Waals surface area contributed by atoms with E-state index in [-0.39, 0.29) is 12.5 Å². The highest BCUT2D eigenvalue weighted by Gasteiger charge is 2.18. The van der Waals surface area contributed by atoms with Gasteiger partial charge in [0.1, 0.15) is 0 Å². The summed E-state index contributed by atoms with van der Waals surface area (Å²) < 4.78 is 21.2. The van der Waals surface area contributed by atoms with Crippen LogP contribution in [0.5, 0.6) is 17.2 Å². The van der Waals surface area contributed by atoms with E-state index in [4.69, 9.17) is 18.9 Å². The molecule has 2 aromatic carbocycles. The molecule has 2 N–H and O–H groups in total. The Labute approximate surface area is 193 Å². The highest BCUT2D eigenvalue weighted by Crippen LogP contribution is 2.38. The van der Waals surface area contributed by atoms with Gasteiger partial charge in [-0.05, 0) is 23.3 Å². The molecule has 3 rings (SSSR count). The Hall–Kier alpha value is -3.30. The zero-order valence-electron chi connectivity index (χ0n) is 19.3. The number of hydrogen-bond acceptors (Lipinski definition) is 7. The first-order chi connectivity index (χ1) is 16.0. The van der Waals surface area contributed by atoms with Gasteiger partial charge in [0.05, 0.1) is 41.1 Å². The second-order valence-electron chi connectivity index (χ2n) is 7.53. The van der Waals surface area contributed by atoms with Gasteiger partial charge in [-0.25, -0.2) is 0 Å². The van der Waals surface area contributed by atoms with Gasteiger partial charge in [-0.15, -0.1) is 0 Å². The Kier molecular flexibility index (Phi) is 8.91. The molecule has 1 aliphatic rings. The smallest absolute Gasteiger partial charge is 0.251 e. The third-order valence-electron chi connectivity index (χ3n) is 5.43. The molecule has 1 heterocycles. The standard InChI is InChI=1S/C24H31N3O6/c1-30-20-12-19(13-21(31-2)23(20)32-3)24(29)26-15-22(28)25-14-17-6-4-5-7-18(17)16-27-8-10-33-11-9-27/h4-7,12-13H,8-11,14-16H2,1-3H3,(H,25,28)(H,26,29). The van der Waals surface area contributed by atoms with Gasteiger partial charge in [-0.1, -0.05) is 24.3 Å². The summed E-state index contributed by atoms with van der Waals surface area (Å²) in [7, 11) is 4.44. The van der Waals surface area contributed by atoms with Crippen molar-refractivity contribution in [3.63, 3.8) is 0 Å². The minimum absolute atomic E-state index is 0.152. The summed E-state index contributed by atoms with van der Waals surface area (Å²) in [5, 5.41) is 5.51. The van der Waals surface area contributed by atoms with Crippen LogP contribution in [0.2, 0.25) is 0 Å². The number of carbonyl (C=O) groups is 2. The van der Waals surface area contributed by atoms with Crippen molar-refractivity contribution in [2.24, 2.45) is 0 Å². The Morgan fingerprint density at radius 3 is 2.18 bits per heavy atom. The number of rotatable bonds is 10. The van der Waals surface area contributed by atoms with Crippen LogP contribution < -0.4 is 24.8 Å². The molecule has 2 amide bonds. The number of methoxy groups -OCH3 is 3. The summed E-state index contributed by atoms with van der Waals surface area (Å²) >= 11 is 0. The van der Waals surface area contributed by atoms with Crippen LogP contribution in [-0.2, 0) is 22.6 Å². The van der Waals surface area contributed by atoms with Crippen LogP contribution in [0.3, 0.4) is 0 Å². The maximum Gasteiger partial charge on any atom is 0.251 e. The predicted molar refractivity (Wildman–Crippen MR) is 123 cm³/mol. The lowest BCUT2D eigenvalue weighted by Gasteiger charge is -2.27. The molecule has 33 heavy (non-hydrogen) atoms. The minimum Gasteiger partial charge on any atom is -0.493 e. The third kappa shape index (κ3) is 6.59. The van der Waals surface area contributed by atoms with Crippen LogP contribution >= 0.6 is 0 Å². The molecule has 0 saturated carbocycles. The van der Waals surface area contributed by atoms with Crippen LogP contribution in [0.1, 0.15) is 21.5 Å². The van der Waals surface area contributed by atoms with Crippen LogP contribution in [0, 0.1) is 0 Å². The maximum absolute atomic E-state index is 12.6.